The summed E-state index contributed by atoms with van der Waals surface area (Å²) in [4.78, 5) is 11.8. The highest BCUT2D eigenvalue weighted by molar-refractivity contribution is 5.88. The van der Waals surface area contributed by atoms with Crippen molar-refractivity contribution in [3.63, 3.8) is 0 Å². The third kappa shape index (κ3) is 5.11. The number of ether oxygens (including phenoxy) is 4. The van der Waals surface area contributed by atoms with Crippen molar-refractivity contribution < 1.29 is 36.9 Å². The van der Waals surface area contributed by atoms with E-state index in [4.69, 9.17) is 18.9 Å². The maximum absolute atomic E-state index is 13.2. The molecule has 1 fully saturated rings. The van der Waals surface area contributed by atoms with E-state index in [1.165, 1.54) is 29.2 Å². The highest BCUT2D eigenvalue weighted by atomic mass is 19.4. The first kappa shape index (κ1) is 21.7. The molecule has 0 amide bonds. The van der Waals surface area contributed by atoms with E-state index in [0.717, 1.165) is 5.56 Å². The van der Waals surface area contributed by atoms with Crippen molar-refractivity contribution in [1.82, 2.24) is 9.78 Å². The maximum Gasteiger partial charge on any atom is 0.447 e. The number of nitrogens with zero attached hydrogens (tertiary/aromatic N) is 2. The van der Waals surface area contributed by atoms with Crippen LogP contribution in [0, 0.1) is 11.8 Å². The predicted octanol–water partition coefficient (Wildman–Crippen LogP) is 2.80. The smallest absolute Gasteiger partial charge is 0.447 e. The van der Waals surface area contributed by atoms with Gasteiger partial charge in [-0.05, 0) is 24.6 Å². The molecular weight excluding hydrogens is 405 g/mol. The Morgan fingerprint density at radius 2 is 1.97 bits per heavy atom. The van der Waals surface area contributed by atoms with Gasteiger partial charge in [0.1, 0.15) is 5.75 Å². The Morgan fingerprint density at radius 1 is 1.27 bits per heavy atom. The molecule has 0 saturated carbocycles. The van der Waals surface area contributed by atoms with Crippen LogP contribution in [-0.4, -0.2) is 54.1 Å². The Labute approximate surface area is 170 Å². The highest BCUT2D eigenvalue weighted by Gasteiger charge is 2.61. The predicted molar refractivity (Wildman–Crippen MR) is 97.7 cm³/mol. The van der Waals surface area contributed by atoms with Gasteiger partial charge in [-0.1, -0.05) is 18.1 Å². The van der Waals surface area contributed by atoms with Crippen molar-refractivity contribution in [2.24, 2.45) is 0 Å². The van der Waals surface area contributed by atoms with Crippen LogP contribution >= 0.6 is 0 Å². The van der Waals surface area contributed by atoms with Crippen LogP contribution in [0.4, 0.5) is 13.2 Å². The Kier molecular flexibility index (Phi) is 6.64. The van der Waals surface area contributed by atoms with E-state index in [1.807, 2.05) is 0 Å². The van der Waals surface area contributed by atoms with Gasteiger partial charge in [0.05, 0.1) is 31.5 Å². The quantitative estimate of drug-likeness (QED) is 0.503. The largest absolute Gasteiger partial charge is 0.488 e. The van der Waals surface area contributed by atoms with Gasteiger partial charge in [0, 0.05) is 6.20 Å². The molecule has 1 aromatic heterocycles. The molecule has 0 spiro atoms. The molecular formula is C20H19F3N2O5. The number of rotatable bonds is 7. The first-order valence-electron chi connectivity index (χ1n) is 8.98. The van der Waals surface area contributed by atoms with E-state index in [0.29, 0.717) is 12.1 Å². The number of benzene rings is 1. The van der Waals surface area contributed by atoms with Crippen LogP contribution in [0.15, 0.2) is 36.7 Å². The van der Waals surface area contributed by atoms with Gasteiger partial charge < -0.3 is 18.9 Å². The summed E-state index contributed by atoms with van der Waals surface area (Å²) in [5.74, 6) is 2.22. The molecule has 2 heterocycles. The molecule has 0 aliphatic carbocycles. The molecule has 1 aliphatic rings. The fraction of sp³-hybridized carbons (Fsp3) is 0.400. The number of hydrogen-bond donors (Lipinski definition) is 0. The molecule has 0 radical (unpaired) electrons. The van der Waals surface area contributed by atoms with E-state index < -0.39 is 24.5 Å². The summed E-state index contributed by atoms with van der Waals surface area (Å²) in [5.41, 5.74) is 1.10. The zero-order chi connectivity index (χ0) is 21.6. The molecule has 0 unspecified atom stereocenters. The van der Waals surface area contributed by atoms with Gasteiger partial charge in [0.2, 0.25) is 0 Å². The van der Waals surface area contributed by atoms with E-state index in [9.17, 15) is 18.0 Å². The molecule has 0 bridgehead atoms. The van der Waals surface area contributed by atoms with Crippen LogP contribution in [0.1, 0.15) is 22.8 Å². The van der Waals surface area contributed by atoms with Crippen LogP contribution in [-0.2, 0) is 20.8 Å². The van der Waals surface area contributed by atoms with Gasteiger partial charge >= 0.3 is 17.9 Å². The van der Waals surface area contributed by atoms with Crippen LogP contribution in [0.25, 0.3) is 0 Å². The summed E-state index contributed by atoms with van der Waals surface area (Å²) in [6.45, 7) is 0.908. The molecule has 0 atom stereocenters. The molecule has 2 aromatic rings. The van der Waals surface area contributed by atoms with Crippen molar-refractivity contribution >= 4 is 5.97 Å². The first-order valence-corrected chi connectivity index (χ1v) is 8.98. The van der Waals surface area contributed by atoms with Gasteiger partial charge in [0.15, 0.2) is 13.2 Å². The lowest BCUT2D eigenvalue weighted by Gasteiger charge is -2.29. The summed E-state index contributed by atoms with van der Waals surface area (Å²) < 4.78 is 60.8. The summed E-state index contributed by atoms with van der Waals surface area (Å²) in [5, 5.41) is 4.10. The van der Waals surface area contributed by atoms with E-state index in [-0.39, 0.29) is 25.6 Å². The Hall–Kier alpha value is -3.03. The zero-order valence-corrected chi connectivity index (χ0v) is 16.1. The third-order valence-electron chi connectivity index (χ3n) is 4.20. The number of esters is 1. The minimum Gasteiger partial charge on any atom is -0.488 e. The molecule has 160 valence electrons. The van der Waals surface area contributed by atoms with Gasteiger partial charge in [-0.15, -0.1) is 5.92 Å². The van der Waals surface area contributed by atoms with E-state index in [1.54, 1.807) is 19.1 Å². The topological polar surface area (TPSA) is 71.8 Å². The number of carbonyl (C=O) groups excluding carboxylic acids is 1. The number of halogens is 3. The van der Waals surface area contributed by atoms with Crippen molar-refractivity contribution in [2.75, 3.05) is 26.4 Å². The van der Waals surface area contributed by atoms with Crippen molar-refractivity contribution in [2.45, 2.75) is 25.4 Å². The molecule has 0 N–H and O–H groups in total. The molecule has 1 aliphatic heterocycles. The highest BCUT2D eigenvalue weighted by Crippen LogP contribution is 2.38. The fourth-order valence-electron chi connectivity index (χ4n) is 2.65. The number of carbonyl (C=O) groups is 1. The van der Waals surface area contributed by atoms with Gasteiger partial charge in [-0.3, -0.25) is 4.68 Å². The Bertz CT molecular complexity index is 922. The lowest BCUT2D eigenvalue weighted by molar-refractivity contribution is -0.350. The normalized spacial score (nSPS) is 15.3. The lowest BCUT2D eigenvalue weighted by Crippen LogP contribution is -2.51. The van der Waals surface area contributed by atoms with Crippen LogP contribution in [0.2, 0.25) is 0 Å². The molecule has 7 nitrogen and oxygen atoms in total. The standard InChI is InChI=1S/C20H19F3N2O5/c1-2-3-8-27-18(26)16-11-24-25(13-16)12-15-4-6-17(7-5-15)28-14-19(20(21,22)23)29-9-10-30-19/h4-7,11,13H,8-10,12,14H2,1H3. The minimum absolute atomic E-state index is 0.00762. The minimum atomic E-state index is -4.70. The monoisotopic (exact) mass is 424 g/mol. The van der Waals surface area contributed by atoms with Crippen LogP contribution in [0.5, 0.6) is 5.75 Å². The zero-order valence-electron chi connectivity index (χ0n) is 16.1. The molecule has 30 heavy (non-hydrogen) atoms. The van der Waals surface area contributed by atoms with Gasteiger partial charge in [-0.2, -0.15) is 18.3 Å². The summed E-state index contributed by atoms with van der Waals surface area (Å²) in [6, 6.07) is 6.44. The van der Waals surface area contributed by atoms with Crippen LogP contribution in [0.3, 0.4) is 0 Å². The number of hydrogen-bond acceptors (Lipinski definition) is 6. The van der Waals surface area contributed by atoms with Crippen molar-refractivity contribution in [1.29, 1.82) is 0 Å². The second-order valence-corrected chi connectivity index (χ2v) is 6.31. The van der Waals surface area contributed by atoms with Crippen molar-refractivity contribution in [3.05, 3.63) is 47.8 Å². The second kappa shape index (κ2) is 9.19. The number of alkyl halides is 3. The lowest BCUT2D eigenvalue weighted by atomic mass is 10.2. The molecule has 1 saturated heterocycles. The third-order valence-corrected chi connectivity index (χ3v) is 4.20. The Morgan fingerprint density at radius 3 is 2.60 bits per heavy atom. The first-order chi connectivity index (χ1) is 14.3. The van der Waals surface area contributed by atoms with Crippen LogP contribution < -0.4 is 4.74 Å². The summed E-state index contributed by atoms with van der Waals surface area (Å²) in [6.07, 6.45) is -1.78. The summed E-state index contributed by atoms with van der Waals surface area (Å²) in [7, 11) is 0. The molecule has 3 rings (SSSR count). The van der Waals surface area contributed by atoms with Crippen molar-refractivity contribution in [3.8, 4) is 17.6 Å². The molecule has 10 heteroatoms. The molecule has 1 aromatic carbocycles. The number of aromatic nitrogens is 2. The maximum atomic E-state index is 13.2. The SMILES string of the molecule is CC#CCOC(=O)c1cnn(Cc2ccc(OCC3(C(F)(F)F)OCCO3)cc2)c1. The van der Waals surface area contributed by atoms with E-state index in [2.05, 4.69) is 16.9 Å². The summed E-state index contributed by atoms with van der Waals surface area (Å²) >= 11 is 0. The Balaban J connectivity index is 1.56. The second-order valence-electron chi connectivity index (χ2n) is 6.31. The average Bonchev–Trinajstić information content (AvgIpc) is 3.38. The van der Waals surface area contributed by atoms with Gasteiger partial charge in [0.25, 0.3) is 0 Å². The fourth-order valence-corrected chi connectivity index (χ4v) is 2.65. The average molecular weight is 424 g/mol. The van der Waals surface area contributed by atoms with E-state index >= 15 is 0 Å². The van der Waals surface area contributed by atoms with Gasteiger partial charge in [-0.25, -0.2) is 4.79 Å².